The summed E-state index contributed by atoms with van der Waals surface area (Å²) >= 11 is 0. The molecule has 0 radical (unpaired) electrons. The van der Waals surface area contributed by atoms with E-state index in [1.807, 2.05) is 0 Å². The van der Waals surface area contributed by atoms with Gasteiger partial charge in [0.15, 0.2) is 0 Å². The second kappa shape index (κ2) is 6.65. The Morgan fingerprint density at radius 2 is 1.96 bits per heavy atom. The summed E-state index contributed by atoms with van der Waals surface area (Å²) in [5.74, 6) is -0.142. The minimum Gasteiger partial charge on any atom is -0.338 e. The molecule has 1 unspecified atom stereocenters. The molecule has 0 aliphatic carbocycles. The quantitative estimate of drug-likeness (QED) is 0.542. The maximum absolute atomic E-state index is 12.4. The first-order chi connectivity index (χ1) is 11.6. The van der Waals surface area contributed by atoms with Crippen LogP contribution < -0.4 is 5.32 Å². The minimum atomic E-state index is -0.767. The average Bonchev–Trinajstić information content (AvgIpc) is 3.14. The fourth-order valence-electron chi connectivity index (χ4n) is 2.21. The van der Waals surface area contributed by atoms with Gasteiger partial charge < -0.3 is 5.32 Å². The molecule has 0 saturated carbocycles. The standard InChI is InChI=1S/C15H12N6O3/c22-15(10-5-2-1-3-6-10)16-13(14-17-19-20-18-14)11-7-4-8-12(9-11)21(23)24/h1-9,13H,(H,16,22)(H,17,18,19,20). The van der Waals surface area contributed by atoms with E-state index in [1.165, 1.54) is 18.2 Å². The van der Waals surface area contributed by atoms with Crippen molar-refractivity contribution >= 4 is 11.6 Å². The molecule has 3 rings (SSSR count). The van der Waals surface area contributed by atoms with Gasteiger partial charge in [0.25, 0.3) is 11.6 Å². The van der Waals surface area contributed by atoms with Crippen molar-refractivity contribution < 1.29 is 9.72 Å². The number of nitrogens with one attached hydrogen (secondary N) is 2. The van der Waals surface area contributed by atoms with Crippen LogP contribution in [0.3, 0.4) is 0 Å². The van der Waals surface area contributed by atoms with Gasteiger partial charge in [-0.2, -0.15) is 5.21 Å². The Bertz CT molecular complexity index is 851. The fourth-order valence-corrected chi connectivity index (χ4v) is 2.21. The van der Waals surface area contributed by atoms with Crippen molar-refractivity contribution in [1.82, 2.24) is 25.9 Å². The summed E-state index contributed by atoms with van der Waals surface area (Å²) in [6.45, 7) is 0. The minimum absolute atomic E-state index is 0.0880. The summed E-state index contributed by atoms with van der Waals surface area (Å²) in [6, 6.07) is 13.8. The molecule has 9 nitrogen and oxygen atoms in total. The van der Waals surface area contributed by atoms with E-state index in [2.05, 4.69) is 25.9 Å². The van der Waals surface area contributed by atoms with Gasteiger partial charge in [0.1, 0.15) is 6.04 Å². The van der Waals surface area contributed by atoms with Gasteiger partial charge in [-0.05, 0) is 17.7 Å². The predicted octanol–water partition coefficient (Wildman–Crippen LogP) is 1.63. The highest BCUT2D eigenvalue weighted by Crippen LogP contribution is 2.23. The van der Waals surface area contributed by atoms with Crippen molar-refractivity contribution in [3.8, 4) is 0 Å². The Hall–Kier alpha value is -3.62. The number of nitro groups is 1. The van der Waals surface area contributed by atoms with Gasteiger partial charge in [-0.3, -0.25) is 14.9 Å². The number of nitro benzene ring substituents is 1. The van der Waals surface area contributed by atoms with Crippen LogP contribution >= 0.6 is 0 Å². The Morgan fingerprint density at radius 1 is 1.17 bits per heavy atom. The normalized spacial score (nSPS) is 11.7. The van der Waals surface area contributed by atoms with Crippen LogP contribution in [-0.2, 0) is 0 Å². The van der Waals surface area contributed by atoms with Crippen LogP contribution in [0, 0.1) is 10.1 Å². The topological polar surface area (TPSA) is 127 Å². The van der Waals surface area contributed by atoms with Gasteiger partial charge in [-0.25, -0.2) is 0 Å². The maximum atomic E-state index is 12.4. The zero-order chi connectivity index (χ0) is 16.9. The molecule has 1 aromatic heterocycles. The number of aromatic nitrogens is 4. The monoisotopic (exact) mass is 324 g/mol. The van der Waals surface area contributed by atoms with E-state index < -0.39 is 11.0 Å². The van der Waals surface area contributed by atoms with E-state index in [0.29, 0.717) is 11.1 Å². The lowest BCUT2D eigenvalue weighted by atomic mass is 10.0. The van der Waals surface area contributed by atoms with Crippen molar-refractivity contribution in [1.29, 1.82) is 0 Å². The molecule has 2 N–H and O–H groups in total. The van der Waals surface area contributed by atoms with Crippen molar-refractivity contribution in [2.45, 2.75) is 6.04 Å². The third-order valence-corrected chi connectivity index (χ3v) is 3.35. The fraction of sp³-hybridized carbons (Fsp3) is 0.0667. The lowest BCUT2D eigenvalue weighted by Crippen LogP contribution is -2.30. The van der Waals surface area contributed by atoms with E-state index in [9.17, 15) is 14.9 Å². The average molecular weight is 324 g/mol. The van der Waals surface area contributed by atoms with Gasteiger partial charge >= 0.3 is 0 Å². The molecule has 0 spiro atoms. The number of hydrogen-bond donors (Lipinski definition) is 2. The van der Waals surface area contributed by atoms with Crippen LogP contribution in [0.15, 0.2) is 54.6 Å². The number of carbonyl (C=O) groups is 1. The largest absolute Gasteiger partial charge is 0.338 e. The zero-order valence-corrected chi connectivity index (χ0v) is 12.3. The van der Waals surface area contributed by atoms with Crippen molar-refractivity contribution in [3.63, 3.8) is 0 Å². The molecule has 0 bridgehead atoms. The number of benzene rings is 2. The third-order valence-electron chi connectivity index (χ3n) is 3.35. The molecule has 0 aliphatic rings. The Balaban J connectivity index is 1.95. The van der Waals surface area contributed by atoms with Gasteiger partial charge in [0, 0.05) is 17.7 Å². The highest BCUT2D eigenvalue weighted by molar-refractivity contribution is 5.94. The molecule has 1 atom stereocenters. The molecule has 2 aromatic carbocycles. The molecular formula is C15H12N6O3. The van der Waals surface area contributed by atoms with E-state index in [4.69, 9.17) is 0 Å². The zero-order valence-electron chi connectivity index (χ0n) is 12.3. The first-order valence-electron chi connectivity index (χ1n) is 6.99. The van der Waals surface area contributed by atoms with Gasteiger partial charge in [0.05, 0.1) is 4.92 Å². The lowest BCUT2D eigenvalue weighted by Gasteiger charge is -2.15. The molecule has 1 heterocycles. The van der Waals surface area contributed by atoms with E-state index in [-0.39, 0.29) is 17.4 Å². The summed E-state index contributed by atoms with van der Waals surface area (Å²) in [6.07, 6.45) is 0. The highest BCUT2D eigenvalue weighted by Gasteiger charge is 2.23. The molecule has 24 heavy (non-hydrogen) atoms. The summed E-state index contributed by atoms with van der Waals surface area (Å²) in [5, 5.41) is 27.3. The summed E-state index contributed by atoms with van der Waals surface area (Å²) in [5.41, 5.74) is 0.848. The molecule has 0 fully saturated rings. The maximum Gasteiger partial charge on any atom is 0.269 e. The number of carbonyl (C=O) groups excluding carboxylic acids is 1. The Labute approximate surface area is 135 Å². The summed E-state index contributed by atoms with van der Waals surface area (Å²) < 4.78 is 0. The van der Waals surface area contributed by atoms with Crippen LogP contribution in [0.4, 0.5) is 5.69 Å². The predicted molar refractivity (Wildman–Crippen MR) is 83.0 cm³/mol. The van der Waals surface area contributed by atoms with Crippen molar-refractivity contribution in [3.05, 3.63) is 81.7 Å². The Kier molecular flexibility index (Phi) is 4.23. The number of H-pyrrole nitrogens is 1. The molecule has 120 valence electrons. The molecule has 3 aromatic rings. The number of rotatable bonds is 5. The van der Waals surface area contributed by atoms with Crippen molar-refractivity contribution in [2.75, 3.05) is 0 Å². The molecule has 9 heteroatoms. The van der Waals surface area contributed by atoms with E-state index >= 15 is 0 Å². The van der Waals surface area contributed by atoms with Crippen LogP contribution in [0.5, 0.6) is 0 Å². The van der Waals surface area contributed by atoms with Crippen LogP contribution in [0.2, 0.25) is 0 Å². The number of non-ortho nitro benzene ring substituents is 1. The number of nitrogens with zero attached hydrogens (tertiary/aromatic N) is 4. The van der Waals surface area contributed by atoms with E-state index in [1.54, 1.807) is 36.4 Å². The highest BCUT2D eigenvalue weighted by atomic mass is 16.6. The van der Waals surface area contributed by atoms with Crippen LogP contribution in [0.25, 0.3) is 0 Å². The lowest BCUT2D eigenvalue weighted by molar-refractivity contribution is -0.384. The number of tetrazole rings is 1. The van der Waals surface area contributed by atoms with Crippen LogP contribution in [-0.4, -0.2) is 31.5 Å². The molecule has 0 aliphatic heterocycles. The second-order valence-electron chi connectivity index (χ2n) is 4.89. The molecule has 1 amide bonds. The number of aromatic amines is 1. The van der Waals surface area contributed by atoms with Gasteiger partial charge in [0.2, 0.25) is 5.82 Å². The first-order valence-corrected chi connectivity index (χ1v) is 6.99. The number of amides is 1. The Morgan fingerprint density at radius 3 is 2.62 bits per heavy atom. The second-order valence-corrected chi connectivity index (χ2v) is 4.89. The van der Waals surface area contributed by atoms with Gasteiger partial charge in [-0.15, -0.1) is 10.2 Å². The summed E-state index contributed by atoms with van der Waals surface area (Å²) in [4.78, 5) is 22.9. The first kappa shape index (κ1) is 15.3. The number of hydrogen-bond acceptors (Lipinski definition) is 6. The summed E-state index contributed by atoms with van der Waals surface area (Å²) in [7, 11) is 0. The smallest absolute Gasteiger partial charge is 0.269 e. The SMILES string of the molecule is O=C(NC(c1cccc([N+](=O)[O-])c1)c1nn[nH]n1)c1ccccc1. The van der Waals surface area contributed by atoms with Gasteiger partial charge in [-0.1, -0.05) is 35.5 Å². The van der Waals surface area contributed by atoms with Crippen LogP contribution in [0.1, 0.15) is 27.8 Å². The molecule has 0 saturated heterocycles. The van der Waals surface area contributed by atoms with Crippen molar-refractivity contribution in [2.24, 2.45) is 0 Å². The third kappa shape index (κ3) is 3.24. The van der Waals surface area contributed by atoms with E-state index in [0.717, 1.165) is 0 Å². The molecular weight excluding hydrogens is 312 g/mol.